The van der Waals surface area contributed by atoms with Crippen LogP contribution in [0.2, 0.25) is 0 Å². The molecule has 0 aromatic heterocycles. The van der Waals surface area contributed by atoms with E-state index >= 15 is 0 Å². The molecule has 0 amide bonds. The molecule has 2 aliphatic carbocycles. The van der Waals surface area contributed by atoms with E-state index in [0.717, 1.165) is 0 Å². The highest BCUT2D eigenvalue weighted by Gasteiger charge is 2.58. The molecule has 12 aliphatic heterocycles. The zero-order chi connectivity index (χ0) is 55.3. The molecule has 0 spiro atoms. The van der Waals surface area contributed by atoms with Crippen LogP contribution >= 0.6 is 0 Å². The van der Waals surface area contributed by atoms with Gasteiger partial charge in [-0.15, -0.1) is 0 Å². The van der Waals surface area contributed by atoms with Gasteiger partial charge in [0.15, 0.2) is 31.5 Å². The van der Waals surface area contributed by atoms with Gasteiger partial charge in [0.2, 0.25) is 0 Å². The smallest absolute Gasteiger partial charge is 0.187 e. The van der Waals surface area contributed by atoms with Crippen molar-refractivity contribution in [3.63, 3.8) is 0 Å². The zero-order valence-corrected chi connectivity index (χ0v) is 40.6. The van der Waals surface area contributed by atoms with Gasteiger partial charge >= 0.3 is 0 Å². The Kier molecular flexibility index (Phi) is 20.0. The van der Waals surface area contributed by atoms with Crippen LogP contribution in [0.15, 0.2) is 11.3 Å². The third-order valence-electron chi connectivity index (χ3n) is 15.3. The molecule has 14 rings (SSSR count). The van der Waals surface area contributed by atoms with Crippen molar-refractivity contribution in [3.8, 4) is 0 Å². The van der Waals surface area contributed by atoms with Crippen LogP contribution in [0.5, 0.6) is 0 Å². The van der Waals surface area contributed by atoms with Crippen molar-refractivity contribution in [1.29, 1.82) is 0 Å². The van der Waals surface area contributed by atoms with E-state index in [0.29, 0.717) is 0 Å². The van der Waals surface area contributed by atoms with Crippen LogP contribution in [0, 0.1) is 5.92 Å². The van der Waals surface area contributed by atoms with Crippen molar-refractivity contribution in [2.24, 2.45) is 5.92 Å². The van der Waals surface area contributed by atoms with Gasteiger partial charge in [-0.3, -0.25) is 0 Å². The lowest BCUT2D eigenvalue weighted by atomic mass is 9.80. The van der Waals surface area contributed by atoms with Crippen LogP contribution in [0.25, 0.3) is 0 Å². The number of ether oxygens (including phenoxy) is 12. The molecular formula is C44H72O32. The Morgan fingerprint density at radius 1 is 0.355 bits per heavy atom. The second-order valence-electron chi connectivity index (χ2n) is 20.3. The number of hydrogen-bond donors (Lipinski definition) is 20. The molecule has 12 bridgehead atoms. The number of hydrogen-bond acceptors (Lipinski definition) is 32. The maximum absolute atomic E-state index is 11.4. The molecule has 1 saturated carbocycles. The van der Waals surface area contributed by atoms with Gasteiger partial charge in [-0.25, -0.2) is 0 Å². The summed E-state index contributed by atoms with van der Waals surface area (Å²) >= 11 is 0. The summed E-state index contributed by atoms with van der Waals surface area (Å²) in [5.41, 5.74) is 0.200. The molecule has 0 aromatic rings. The highest BCUT2D eigenvalue weighted by atomic mass is 16.8. The number of epoxide rings is 1. The van der Waals surface area contributed by atoms with Crippen molar-refractivity contribution in [2.75, 3.05) is 39.6 Å². The molecule has 32 nitrogen and oxygen atoms in total. The quantitative estimate of drug-likeness (QED) is 0.110. The lowest BCUT2D eigenvalue weighted by Gasteiger charge is -2.49. The normalized spacial score (nSPS) is 54.1. The average molecular weight is 1110 g/mol. The summed E-state index contributed by atoms with van der Waals surface area (Å²) in [4.78, 5) is 0. The van der Waals surface area contributed by atoms with Gasteiger partial charge < -0.3 is 159 Å². The molecule has 33 atom stereocenters. The molecule has 7 fully saturated rings. The first-order valence-electron chi connectivity index (χ1n) is 24.9. The first-order valence-corrected chi connectivity index (χ1v) is 24.9. The third-order valence-corrected chi connectivity index (χ3v) is 15.3. The van der Waals surface area contributed by atoms with E-state index in [1.54, 1.807) is 0 Å². The van der Waals surface area contributed by atoms with E-state index in [2.05, 4.69) is 0 Å². The number of rotatable bonds is 6. The Balaban J connectivity index is 1.07. The maximum atomic E-state index is 11.4. The topological polar surface area (TPSA) is 519 Å². The van der Waals surface area contributed by atoms with E-state index in [9.17, 15) is 102 Å². The molecule has 440 valence electrons. The largest absolute Gasteiger partial charge is 0.489 e. The van der Waals surface area contributed by atoms with Gasteiger partial charge in [-0.2, -0.15) is 0 Å². The molecule has 0 aromatic carbocycles. The lowest BCUT2D eigenvalue weighted by Crippen LogP contribution is -2.66. The van der Waals surface area contributed by atoms with Crippen molar-refractivity contribution >= 4 is 0 Å². The summed E-state index contributed by atoms with van der Waals surface area (Å²) < 4.78 is 68.4. The van der Waals surface area contributed by atoms with Crippen molar-refractivity contribution in [2.45, 2.75) is 216 Å². The molecule has 20 N–H and O–H groups in total. The van der Waals surface area contributed by atoms with Crippen LogP contribution in [-0.2, 0) is 56.8 Å². The van der Waals surface area contributed by atoms with Gasteiger partial charge in [-0.1, -0.05) is 0 Å². The van der Waals surface area contributed by atoms with E-state index < -0.39 is 235 Å². The third kappa shape index (κ3) is 12.0. The summed E-state index contributed by atoms with van der Waals surface area (Å²) in [6.45, 7) is -3.43. The average Bonchev–Trinajstić information content (AvgIpc) is 4.27. The second kappa shape index (κ2) is 25.2. The van der Waals surface area contributed by atoms with Crippen molar-refractivity contribution in [3.05, 3.63) is 11.3 Å². The predicted molar refractivity (Wildman–Crippen MR) is 233 cm³/mol. The summed E-state index contributed by atoms with van der Waals surface area (Å²) in [5.74, 6) is -1.44. The maximum Gasteiger partial charge on any atom is 0.187 e. The fraction of sp³-hybridized carbons (Fsp3) is 0.955. The van der Waals surface area contributed by atoms with Gasteiger partial charge in [0.1, 0.15) is 158 Å². The van der Waals surface area contributed by atoms with Gasteiger partial charge in [0, 0.05) is 18.9 Å². The van der Waals surface area contributed by atoms with E-state index in [-0.39, 0.29) is 30.8 Å². The zero-order valence-electron chi connectivity index (χ0n) is 40.6. The number of aliphatic hydroxyl groups excluding tert-OH is 20. The Morgan fingerprint density at radius 3 is 1.13 bits per heavy atom. The van der Waals surface area contributed by atoms with Crippen molar-refractivity contribution in [1.82, 2.24) is 0 Å². The second-order valence-corrected chi connectivity index (χ2v) is 20.3. The first kappa shape index (κ1) is 60.4. The van der Waals surface area contributed by atoms with Crippen LogP contribution in [-0.4, -0.2) is 338 Å². The van der Waals surface area contributed by atoms with Crippen LogP contribution in [0.1, 0.15) is 19.8 Å². The summed E-state index contributed by atoms with van der Waals surface area (Å²) in [5, 5.41) is 221. The molecule has 76 heavy (non-hydrogen) atoms. The fourth-order valence-corrected chi connectivity index (χ4v) is 10.7. The highest BCUT2D eigenvalue weighted by molar-refractivity contribution is 5.20. The molecular weight excluding hydrogens is 1040 g/mol. The SMILES string of the molecule is CC1=C2OC3CC(CO)C(OC4OC(CO)C(OC5OC(CO)C(OC(O)C(O)C(O)C(C6CO6)OC6OC(CO)C(OC7OC(CO)C(OC(C1)C(O)C2O)C(O)C7O)C(O)C6O)C(O)C5O)C(O)C4O)C(O)C3O. The number of fused-ring (bicyclic) bond motifs is 6. The Hall–Kier alpha value is -1.70. The van der Waals surface area contributed by atoms with E-state index in [4.69, 9.17) is 56.8 Å². The van der Waals surface area contributed by atoms with Gasteiger partial charge in [0.05, 0.1) is 45.2 Å². The minimum atomic E-state index is -2.52. The number of aliphatic hydroxyl groups is 20. The summed E-state index contributed by atoms with van der Waals surface area (Å²) in [6.07, 6.45) is -61.5. The predicted octanol–water partition coefficient (Wildman–Crippen LogP) is -12.6. The minimum absolute atomic E-state index is 0.135. The molecule has 32 heteroatoms. The lowest BCUT2D eigenvalue weighted by molar-refractivity contribution is -0.377. The molecule has 14 aliphatic rings. The molecule has 6 saturated heterocycles. The first-order chi connectivity index (χ1) is 36.1. The Morgan fingerprint density at radius 2 is 0.724 bits per heavy atom. The van der Waals surface area contributed by atoms with Crippen molar-refractivity contribution < 1.29 is 159 Å². The highest BCUT2D eigenvalue weighted by Crippen LogP contribution is 2.40. The summed E-state index contributed by atoms with van der Waals surface area (Å²) in [7, 11) is 0. The Labute approximate surface area is 431 Å². The standard InChI is InChI=1S/C44H72O32/c1-10-2-12-19(50)21(52)33(10)66-13-3-11(4-45)34(22(53)20(13)51)73-41-31(62)26(57)37(16(7-48)70-41)75-43-30(61)25(56)36(15(6-47)69-43)72-40(64)28(59)23(54)39(18-9-65-18)76-44-32(63)27(58)38(17(8-49)71-44)74-42-29(60)24(55)35(67-12)14(5-46)68-42/h11-32,34-64H,2-9H2,1H3. The van der Waals surface area contributed by atoms with E-state index in [1.165, 1.54) is 6.92 Å². The fourth-order valence-electron chi connectivity index (χ4n) is 10.7. The molecule has 0 radical (unpaired) electrons. The van der Waals surface area contributed by atoms with Crippen LogP contribution in [0.4, 0.5) is 0 Å². The molecule has 12 heterocycles. The Bertz CT molecular complexity index is 1880. The monoisotopic (exact) mass is 1110 g/mol. The summed E-state index contributed by atoms with van der Waals surface area (Å²) in [6, 6.07) is 0. The van der Waals surface area contributed by atoms with Gasteiger partial charge in [-0.05, 0) is 18.9 Å². The van der Waals surface area contributed by atoms with Crippen LogP contribution in [0.3, 0.4) is 0 Å². The van der Waals surface area contributed by atoms with E-state index in [1.807, 2.05) is 0 Å². The van der Waals surface area contributed by atoms with Gasteiger partial charge in [0.25, 0.3) is 0 Å². The van der Waals surface area contributed by atoms with Crippen LogP contribution < -0.4 is 0 Å². The molecule has 33 unspecified atom stereocenters. The minimum Gasteiger partial charge on any atom is -0.489 e.